The number of nitrogens with zero attached hydrogens (tertiary/aromatic N) is 3. The number of anilines is 1. The van der Waals surface area contributed by atoms with Crippen molar-refractivity contribution < 1.29 is 5.11 Å². The molecule has 2 heterocycles. The van der Waals surface area contributed by atoms with Gasteiger partial charge in [0.05, 0.1) is 11.9 Å². The number of aliphatic hydroxyl groups excluding tert-OH is 1. The lowest BCUT2D eigenvalue weighted by atomic mass is 9.93. The van der Waals surface area contributed by atoms with Crippen molar-refractivity contribution in [3.8, 4) is 0 Å². The van der Waals surface area contributed by atoms with Gasteiger partial charge in [-0.2, -0.15) is 0 Å². The van der Waals surface area contributed by atoms with Gasteiger partial charge in [-0.05, 0) is 6.42 Å². The largest absolute Gasteiger partial charge is 0.396 e. The third-order valence-corrected chi connectivity index (χ3v) is 4.38. The molecule has 0 fully saturated rings. The topological polar surface area (TPSA) is 62.5 Å². The Balaban J connectivity index is 1.74. The third-order valence-electron chi connectivity index (χ3n) is 3.53. The zero-order valence-corrected chi connectivity index (χ0v) is 12.8. The quantitative estimate of drug-likeness (QED) is 0.853. The fourth-order valence-corrected chi connectivity index (χ4v) is 3.14. The predicted octanol–water partition coefficient (Wildman–Crippen LogP) is 2.44. The van der Waals surface area contributed by atoms with Crippen molar-refractivity contribution in [3.63, 3.8) is 0 Å². The van der Waals surface area contributed by atoms with Crippen LogP contribution in [0.25, 0.3) is 4.96 Å². The van der Waals surface area contributed by atoms with Crippen LogP contribution in [0, 0.1) is 5.92 Å². The van der Waals surface area contributed by atoms with E-state index in [1.54, 1.807) is 11.3 Å². The maximum atomic E-state index is 9.13. The highest BCUT2D eigenvalue weighted by Gasteiger charge is 2.21. The van der Waals surface area contributed by atoms with Gasteiger partial charge in [0.15, 0.2) is 0 Å². The van der Waals surface area contributed by atoms with E-state index in [9.17, 15) is 0 Å². The molecule has 2 N–H and O–H groups in total. The van der Waals surface area contributed by atoms with Gasteiger partial charge < -0.3 is 10.4 Å². The van der Waals surface area contributed by atoms with E-state index in [2.05, 4.69) is 48.3 Å². The number of fused-ring (bicyclic) bond motifs is 1. The van der Waals surface area contributed by atoms with Gasteiger partial charge in [0.1, 0.15) is 0 Å². The lowest BCUT2D eigenvalue weighted by Crippen LogP contribution is -2.16. The molecule has 0 amide bonds. The van der Waals surface area contributed by atoms with Crippen molar-refractivity contribution in [2.75, 3.05) is 11.9 Å². The van der Waals surface area contributed by atoms with Gasteiger partial charge in [-0.3, -0.25) is 0 Å². The molecule has 0 saturated heterocycles. The standard InChI is InChI=1S/C14H20N4OS/c1-14(2,3)11-7-18-13(16-11)20-12(17-18)15-10-5-4-9(6-10)8-19/h4-5,7,9-10,19H,6,8H2,1-3H3,(H,15,17)/t9-,10+/m0/s1. The second-order valence-electron chi connectivity index (χ2n) is 6.32. The van der Waals surface area contributed by atoms with Crippen molar-refractivity contribution in [1.82, 2.24) is 14.6 Å². The SMILES string of the molecule is CC(C)(C)c1cn2nc(N[C@@H]3C=C[C@H](CO)C3)sc2n1. The Kier molecular flexibility index (Phi) is 3.30. The summed E-state index contributed by atoms with van der Waals surface area (Å²) in [6.07, 6.45) is 7.09. The summed E-state index contributed by atoms with van der Waals surface area (Å²) in [5.74, 6) is 0.268. The van der Waals surface area contributed by atoms with Crippen LogP contribution in [0.3, 0.4) is 0 Å². The molecule has 6 heteroatoms. The molecule has 108 valence electrons. The van der Waals surface area contributed by atoms with Crippen LogP contribution < -0.4 is 5.32 Å². The van der Waals surface area contributed by atoms with Crippen LogP contribution in [0.2, 0.25) is 0 Å². The first-order valence-electron chi connectivity index (χ1n) is 6.88. The fourth-order valence-electron chi connectivity index (χ4n) is 2.30. The average molecular weight is 292 g/mol. The number of imidazole rings is 1. The lowest BCUT2D eigenvalue weighted by molar-refractivity contribution is 0.250. The first-order valence-corrected chi connectivity index (χ1v) is 7.70. The first-order chi connectivity index (χ1) is 9.45. The second kappa shape index (κ2) is 4.86. The van der Waals surface area contributed by atoms with Gasteiger partial charge in [0.2, 0.25) is 10.1 Å². The van der Waals surface area contributed by atoms with Gasteiger partial charge in [-0.1, -0.05) is 44.3 Å². The maximum absolute atomic E-state index is 9.13. The minimum atomic E-state index is 0.0452. The molecule has 0 spiro atoms. The maximum Gasteiger partial charge on any atom is 0.214 e. The Morgan fingerprint density at radius 1 is 1.45 bits per heavy atom. The van der Waals surface area contributed by atoms with E-state index in [-0.39, 0.29) is 24.0 Å². The Bertz CT molecular complexity index is 606. The van der Waals surface area contributed by atoms with Crippen molar-refractivity contribution in [3.05, 3.63) is 24.0 Å². The number of hydrogen-bond acceptors (Lipinski definition) is 5. The molecule has 20 heavy (non-hydrogen) atoms. The molecule has 0 aromatic carbocycles. The number of aromatic nitrogens is 3. The van der Waals surface area contributed by atoms with E-state index < -0.39 is 0 Å². The number of hydrogen-bond donors (Lipinski definition) is 2. The lowest BCUT2D eigenvalue weighted by Gasteiger charge is -2.13. The molecule has 0 saturated carbocycles. The number of nitrogens with one attached hydrogen (secondary N) is 1. The molecule has 5 nitrogen and oxygen atoms in total. The summed E-state index contributed by atoms with van der Waals surface area (Å²) in [7, 11) is 0. The van der Waals surface area contributed by atoms with Crippen LogP contribution in [-0.2, 0) is 5.41 Å². The van der Waals surface area contributed by atoms with Gasteiger partial charge in [0.25, 0.3) is 0 Å². The fraction of sp³-hybridized carbons (Fsp3) is 0.571. The molecular weight excluding hydrogens is 272 g/mol. The molecule has 1 aliphatic carbocycles. The van der Waals surface area contributed by atoms with E-state index in [1.807, 2.05) is 10.7 Å². The van der Waals surface area contributed by atoms with Crippen LogP contribution in [0.5, 0.6) is 0 Å². The summed E-state index contributed by atoms with van der Waals surface area (Å²) in [5.41, 5.74) is 1.10. The summed E-state index contributed by atoms with van der Waals surface area (Å²) in [6, 6.07) is 0.255. The van der Waals surface area contributed by atoms with Gasteiger partial charge in [-0.15, -0.1) is 5.10 Å². The smallest absolute Gasteiger partial charge is 0.214 e. The van der Waals surface area contributed by atoms with E-state index >= 15 is 0 Å². The summed E-state index contributed by atoms with van der Waals surface area (Å²) in [6.45, 7) is 6.66. The number of rotatable bonds is 3. The molecule has 2 atom stereocenters. The Morgan fingerprint density at radius 2 is 2.25 bits per heavy atom. The highest BCUT2D eigenvalue weighted by molar-refractivity contribution is 7.20. The zero-order valence-electron chi connectivity index (χ0n) is 12.0. The molecule has 3 rings (SSSR count). The van der Waals surface area contributed by atoms with Crippen molar-refractivity contribution >= 4 is 21.4 Å². The van der Waals surface area contributed by atoms with Gasteiger partial charge >= 0.3 is 0 Å². The number of aliphatic hydroxyl groups is 1. The Labute approximate surface area is 122 Å². The highest BCUT2D eigenvalue weighted by Crippen LogP contribution is 2.27. The monoisotopic (exact) mass is 292 g/mol. The summed E-state index contributed by atoms with van der Waals surface area (Å²) in [4.78, 5) is 5.55. The first kappa shape index (κ1) is 13.6. The molecule has 2 aromatic heterocycles. The molecule has 0 aliphatic heterocycles. The Morgan fingerprint density at radius 3 is 2.85 bits per heavy atom. The van der Waals surface area contributed by atoms with Gasteiger partial charge in [0, 0.05) is 24.0 Å². The van der Waals surface area contributed by atoms with Crippen molar-refractivity contribution in [2.45, 2.75) is 38.6 Å². The van der Waals surface area contributed by atoms with Crippen LogP contribution in [-0.4, -0.2) is 32.4 Å². The third kappa shape index (κ3) is 2.58. The van der Waals surface area contributed by atoms with Crippen LogP contribution in [0.1, 0.15) is 32.9 Å². The predicted molar refractivity (Wildman–Crippen MR) is 81.3 cm³/mol. The van der Waals surface area contributed by atoms with E-state index in [4.69, 9.17) is 5.11 Å². The minimum absolute atomic E-state index is 0.0452. The second-order valence-corrected chi connectivity index (χ2v) is 7.28. The van der Waals surface area contributed by atoms with Crippen molar-refractivity contribution in [2.24, 2.45) is 5.92 Å². The normalized spacial score (nSPS) is 22.8. The van der Waals surface area contributed by atoms with Gasteiger partial charge in [-0.25, -0.2) is 9.50 Å². The average Bonchev–Trinajstić information content (AvgIpc) is 3.01. The molecule has 0 radical (unpaired) electrons. The zero-order chi connectivity index (χ0) is 14.3. The molecule has 1 aliphatic rings. The minimum Gasteiger partial charge on any atom is -0.396 e. The Hall–Kier alpha value is -1.40. The van der Waals surface area contributed by atoms with E-state index in [0.29, 0.717) is 0 Å². The molecule has 0 bridgehead atoms. The van der Waals surface area contributed by atoms with Crippen molar-refractivity contribution in [1.29, 1.82) is 0 Å². The van der Waals surface area contributed by atoms with E-state index in [1.165, 1.54) is 0 Å². The highest BCUT2D eigenvalue weighted by atomic mass is 32.1. The molecular formula is C14H20N4OS. The van der Waals surface area contributed by atoms with Crippen LogP contribution >= 0.6 is 11.3 Å². The summed E-state index contributed by atoms with van der Waals surface area (Å²) >= 11 is 1.56. The summed E-state index contributed by atoms with van der Waals surface area (Å²) in [5, 5.41) is 17.9. The summed E-state index contributed by atoms with van der Waals surface area (Å²) < 4.78 is 1.84. The molecule has 0 unspecified atom stereocenters. The van der Waals surface area contributed by atoms with Crippen LogP contribution in [0.4, 0.5) is 5.13 Å². The molecule has 2 aromatic rings. The van der Waals surface area contributed by atoms with Crippen LogP contribution in [0.15, 0.2) is 18.3 Å². The van der Waals surface area contributed by atoms with E-state index in [0.717, 1.165) is 22.2 Å².